The van der Waals surface area contributed by atoms with Crippen molar-refractivity contribution in [3.8, 4) is 0 Å². The average Bonchev–Trinajstić information content (AvgIpc) is 3.13. The molecule has 0 N–H and O–H groups in total. The number of nitrogens with zero attached hydrogens (tertiary/aromatic N) is 4. The van der Waals surface area contributed by atoms with Gasteiger partial charge >= 0.3 is 0 Å². The summed E-state index contributed by atoms with van der Waals surface area (Å²) in [5.41, 5.74) is 3.87. The van der Waals surface area contributed by atoms with Crippen LogP contribution in [0.1, 0.15) is 0 Å². The molecule has 0 saturated heterocycles. The van der Waals surface area contributed by atoms with Gasteiger partial charge in [0.15, 0.2) is 0 Å². The predicted molar refractivity (Wildman–Crippen MR) is 83.4 cm³/mol. The summed E-state index contributed by atoms with van der Waals surface area (Å²) in [7, 11) is 0. The van der Waals surface area contributed by atoms with Gasteiger partial charge in [-0.3, -0.25) is 0 Å². The second-order valence-corrected chi connectivity index (χ2v) is 5.75. The second kappa shape index (κ2) is 3.68. The van der Waals surface area contributed by atoms with Gasteiger partial charge in [-0.2, -0.15) is 17.5 Å². The number of rotatable bonds is 0. The van der Waals surface area contributed by atoms with Crippen molar-refractivity contribution in [2.75, 3.05) is 0 Å². The zero-order valence-electron chi connectivity index (χ0n) is 10.1. The molecule has 2 aromatic heterocycles. The molecule has 0 spiro atoms. The van der Waals surface area contributed by atoms with Gasteiger partial charge in [-0.15, -0.1) is 0 Å². The highest BCUT2D eigenvalue weighted by atomic mass is 32.1. The van der Waals surface area contributed by atoms with Crippen LogP contribution >= 0.6 is 23.5 Å². The summed E-state index contributed by atoms with van der Waals surface area (Å²) in [6, 6.07) is 12.6. The zero-order chi connectivity index (χ0) is 13.1. The first-order valence-corrected chi connectivity index (χ1v) is 7.56. The monoisotopic (exact) mass is 294 g/mol. The Hall–Kier alpha value is -2.18. The lowest BCUT2D eigenvalue weighted by molar-refractivity contribution is 1.67. The molecule has 0 aliphatic rings. The average molecular weight is 294 g/mol. The molecule has 6 heteroatoms. The van der Waals surface area contributed by atoms with Crippen LogP contribution in [0, 0.1) is 0 Å². The van der Waals surface area contributed by atoms with Crippen molar-refractivity contribution in [2.45, 2.75) is 0 Å². The maximum atomic E-state index is 4.41. The lowest BCUT2D eigenvalue weighted by atomic mass is 10.0. The van der Waals surface area contributed by atoms with E-state index in [1.54, 1.807) is 0 Å². The fourth-order valence-corrected chi connectivity index (χ4v) is 3.74. The van der Waals surface area contributed by atoms with E-state index in [9.17, 15) is 0 Å². The van der Waals surface area contributed by atoms with Crippen LogP contribution in [0.2, 0.25) is 0 Å². The van der Waals surface area contributed by atoms with Crippen molar-refractivity contribution in [3.63, 3.8) is 0 Å². The summed E-state index contributed by atoms with van der Waals surface area (Å²) < 4.78 is 17.4. The Morgan fingerprint density at radius 1 is 0.600 bits per heavy atom. The van der Waals surface area contributed by atoms with E-state index < -0.39 is 0 Å². The van der Waals surface area contributed by atoms with E-state index in [1.165, 1.54) is 34.2 Å². The first-order valence-electron chi connectivity index (χ1n) is 6.10. The first-order chi connectivity index (χ1) is 9.90. The summed E-state index contributed by atoms with van der Waals surface area (Å²) in [6.07, 6.45) is 0. The van der Waals surface area contributed by atoms with Crippen molar-refractivity contribution in [3.05, 3.63) is 36.4 Å². The van der Waals surface area contributed by atoms with Crippen LogP contribution in [-0.4, -0.2) is 17.5 Å². The Morgan fingerprint density at radius 3 is 1.60 bits per heavy atom. The third-order valence-corrected chi connectivity index (χ3v) is 4.69. The van der Waals surface area contributed by atoms with E-state index in [-0.39, 0.29) is 0 Å². The molecule has 0 atom stereocenters. The largest absolute Gasteiger partial charge is 0.173 e. The summed E-state index contributed by atoms with van der Waals surface area (Å²) >= 11 is 2.51. The minimum Gasteiger partial charge on any atom is -0.173 e. The molecule has 0 saturated carbocycles. The summed E-state index contributed by atoms with van der Waals surface area (Å²) in [6.45, 7) is 0. The van der Waals surface area contributed by atoms with Gasteiger partial charge in [-0.1, -0.05) is 12.1 Å². The van der Waals surface area contributed by atoms with Gasteiger partial charge in [0, 0.05) is 10.8 Å². The zero-order valence-corrected chi connectivity index (χ0v) is 11.7. The second-order valence-electron chi connectivity index (χ2n) is 4.69. The minimum atomic E-state index is 0.957. The van der Waals surface area contributed by atoms with Gasteiger partial charge in [0.1, 0.15) is 22.1 Å². The van der Waals surface area contributed by atoms with Crippen molar-refractivity contribution >= 4 is 67.1 Å². The third-order valence-electron chi connectivity index (χ3n) is 3.60. The molecule has 2 heterocycles. The van der Waals surface area contributed by atoms with Crippen LogP contribution in [0.25, 0.3) is 43.6 Å². The van der Waals surface area contributed by atoms with Crippen LogP contribution in [0.4, 0.5) is 0 Å². The number of fused-ring (bicyclic) bond motifs is 6. The van der Waals surface area contributed by atoms with Gasteiger partial charge in [0.25, 0.3) is 0 Å². The molecule has 4 nitrogen and oxygen atoms in total. The Balaban J connectivity index is 2.07. The number of benzene rings is 3. The number of aromatic nitrogens is 4. The Bertz CT molecular complexity index is 1020. The van der Waals surface area contributed by atoms with E-state index in [1.807, 2.05) is 12.1 Å². The smallest absolute Gasteiger partial charge is 0.112 e. The standard InChI is InChI=1S/C14H6N4S2/c1-3-11-13(17-19-15-11)9-6-8-2-4-12-14(18-20-16-12)10(8)5-7(1)9/h1-6H. The minimum absolute atomic E-state index is 0.957. The molecule has 0 bridgehead atoms. The Kier molecular flexibility index (Phi) is 1.95. The molecule has 0 amide bonds. The van der Waals surface area contributed by atoms with Gasteiger partial charge in [0.05, 0.1) is 23.5 Å². The molecule has 20 heavy (non-hydrogen) atoms. The summed E-state index contributed by atoms with van der Waals surface area (Å²) in [5.74, 6) is 0. The highest BCUT2D eigenvalue weighted by Gasteiger charge is 2.09. The SMILES string of the molecule is c1cc2nsnc2c2cc3ccc4nsnc4c3cc12. The molecule has 0 aliphatic heterocycles. The van der Waals surface area contributed by atoms with Crippen LogP contribution < -0.4 is 0 Å². The molecule has 3 aromatic carbocycles. The highest BCUT2D eigenvalue weighted by molar-refractivity contribution is 7.00. The fourth-order valence-electron chi connectivity index (χ4n) is 2.64. The summed E-state index contributed by atoms with van der Waals surface area (Å²) in [4.78, 5) is 0. The molecular weight excluding hydrogens is 288 g/mol. The molecule has 5 rings (SSSR count). The van der Waals surface area contributed by atoms with Crippen LogP contribution in [-0.2, 0) is 0 Å². The molecule has 0 fully saturated rings. The van der Waals surface area contributed by atoms with Gasteiger partial charge in [0.2, 0.25) is 0 Å². The van der Waals surface area contributed by atoms with Crippen LogP contribution in [0.3, 0.4) is 0 Å². The van der Waals surface area contributed by atoms with Gasteiger partial charge in [-0.05, 0) is 35.0 Å². The van der Waals surface area contributed by atoms with Gasteiger partial charge < -0.3 is 0 Å². The third kappa shape index (κ3) is 1.29. The van der Waals surface area contributed by atoms with Gasteiger partial charge in [-0.25, -0.2) is 0 Å². The van der Waals surface area contributed by atoms with E-state index in [0.717, 1.165) is 32.8 Å². The molecule has 0 unspecified atom stereocenters. The van der Waals surface area contributed by atoms with E-state index in [4.69, 9.17) is 0 Å². The molecular formula is C14H6N4S2. The molecule has 5 aromatic rings. The van der Waals surface area contributed by atoms with Crippen molar-refractivity contribution in [1.82, 2.24) is 17.5 Å². The highest BCUT2D eigenvalue weighted by Crippen LogP contribution is 2.31. The maximum Gasteiger partial charge on any atom is 0.112 e. The number of hydrogen-bond acceptors (Lipinski definition) is 6. The first kappa shape index (κ1) is 10.6. The molecule has 0 radical (unpaired) electrons. The topological polar surface area (TPSA) is 51.6 Å². The molecule has 94 valence electrons. The quantitative estimate of drug-likeness (QED) is 0.405. The van der Waals surface area contributed by atoms with E-state index >= 15 is 0 Å². The molecule has 0 aliphatic carbocycles. The van der Waals surface area contributed by atoms with Crippen LogP contribution in [0.5, 0.6) is 0 Å². The lowest BCUT2D eigenvalue weighted by Crippen LogP contribution is -1.81. The van der Waals surface area contributed by atoms with Crippen molar-refractivity contribution < 1.29 is 0 Å². The predicted octanol–water partition coefficient (Wildman–Crippen LogP) is 4.00. The van der Waals surface area contributed by atoms with Crippen molar-refractivity contribution in [2.24, 2.45) is 0 Å². The Morgan fingerprint density at radius 2 is 1.10 bits per heavy atom. The summed E-state index contributed by atoms with van der Waals surface area (Å²) in [5, 5.41) is 4.62. The maximum absolute atomic E-state index is 4.41. The van der Waals surface area contributed by atoms with Crippen LogP contribution in [0.15, 0.2) is 36.4 Å². The van der Waals surface area contributed by atoms with E-state index in [2.05, 4.69) is 41.8 Å². The number of hydrogen-bond donors (Lipinski definition) is 0. The van der Waals surface area contributed by atoms with E-state index in [0.29, 0.717) is 0 Å². The fraction of sp³-hybridized carbons (Fsp3) is 0. The Labute approximate surface area is 121 Å². The normalized spacial score (nSPS) is 12.0. The lowest BCUT2D eigenvalue weighted by Gasteiger charge is -2.03. The van der Waals surface area contributed by atoms with Crippen molar-refractivity contribution in [1.29, 1.82) is 0 Å².